The molecule has 2 N–H and O–H groups in total. The maximum atomic E-state index is 12.2. The highest BCUT2D eigenvalue weighted by atomic mass is 35.5. The quantitative estimate of drug-likeness (QED) is 0.359. The second kappa shape index (κ2) is 13.1. The number of benzene rings is 2. The number of nitrogens with one attached hydrogen (secondary N) is 2. The fourth-order valence-corrected chi connectivity index (χ4v) is 3.84. The Kier molecular flexibility index (Phi) is 9.36. The van der Waals surface area contributed by atoms with Gasteiger partial charge in [0.2, 0.25) is 17.7 Å². The van der Waals surface area contributed by atoms with Gasteiger partial charge in [0, 0.05) is 49.2 Å². The highest BCUT2D eigenvalue weighted by Crippen LogP contribution is 2.34. The van der Waals surface area contributed by atoms with Crippen molar-refractivity contribution in [1.82, 2.24) is 14.9 Å². The molecule has 38 heavy (non-hydrogen) atoms. The molecule has 2 aromatic carbocycles. The first kappa shape index (κ1) is 27.2. The number of amides is 1. The minimum Gasteiger partial charge on any atom is -0.494 e. The maximum absolute atomic E-state index is 12.2. The molecule has 1 saturated heterocycles. The number of nitrogens with zero attached hydrogens (tertiary/aromatic N) is 4. The zero-order valence-corrected chi connectivity index (χ0v) is 22.4. The monoisotopic (exact) mass is 538 g/mol. The summed E-state index contributed by atoms with van der Waals surface area (Å²) in [5, 5.41) is 6.23. The molecule has 4 rings (SSSR count). The number of rotatable bonds is 10. The number of likely N-dealkylation sites (N-methyl/N-ethyl adjacent to an activating group) is 1. The van der Waals surface area contributed by atoms with Crippen LogP contribution < -0.4 is 25.0 Å². The first-order valence-electron chi connectivity index (χ1n) is 12.1. The number of aromatic nitrogens is 2. The summed E-state index contributed by atoms with van der Waals surface area (Å²) in [4.78, 5) is 25.1. The number of hydrogen-bond donors (Lipinski definition) is 2. The van der Waals surface area contributed by atoms with Gasteiger partial charge in [-0.25, -0.2) is 4.98 Å². The Balaban J connectivity index is 1.45. The smallest absolute Gasteiger partial charge is 0.248 e. The summed E-state index contributed by atoms with van der Waals surface area (Å²) < 4.78 is 17.0. The third-order valence-electron chi connectivity index (χ3n) is 5.58. The van der Waals surface area contributed by atoms with Gasteiger partial charge in [0.25, 0.3) is 0 Å². The van der Waals surface area contributed by atoms with E-state index in [1.54, 1.807) is 37.5 Å². The van der Waals surface area contributed by atoms with E-state index in [4.69, 9.17) is 25.8 Å². The molecular formula is C27H31ClN6O4. The molecule has 0 spiro atoms. The van der Waals surface area contributed by atoms with E-state index in [1.165, 1.54) is 12.3 Å². The van der Waals surface area contributed by atoms with Crippen molar-refractivity contribution in [2.45, 2.75) is 0 Å². The van der Waals surface area contributed by atoms with E-state index in [0.29, 0.717) is 42.6 Å². The second-order valence-electron chi connectivity index (χ2n) is 8.74. The van der Waals surface area contributed by atoms with E-state index in [9.17, 15) is 4.79 Å². The molecule has 1 fully saturated rings. The highest BCUT2D eigenvalue weighted by molar-refractivity contribution is 6.31. The fourth-order valence-electron chi connectivity index (χ4n) is 3.71. The van der Waals surface area contributed by atoms with Gasteiger partial charge in [-0.3, -0.25) is 4.79 Å². The van der Waals surface area contributed by atoms with Crippen LogP contribution in [0.25, 0.3) is 0 Å². The van der Waals surface area contributed by atoms with Crippen molar-refractivity contribution in [1.29, 1.82) is 0 Å². The summed E-state index contributed by atoms with van der Waals surface area (Å²) in [5.74, 6) is 1.33. The van der Waals surface area contributed by atoms with Gasteiger partial charge in [-0.15, -0.1) is 0 Å². The molecule has 1 amide bonds. The molecule has 1 aromatic heterocycles. The number of morpholine rings is 1. The maximum Gasteiger partial charge on any atom is 0.248 e. The summed E-state index contributed by atoms with van der Waals surface area (Å²) in [6.07, 6.45) is 4.74. The summed E-state index contributed by atoms with van der Waals surface area (Å²) in [5.41, 5.74) is 2.33. The predicted octanol–water partition coefficient (Wildman–Crippen LogP) is 4.57. The molecule has 0 radical (unpaired) electrons. The lowest BCUT2D eigenvalue weighted by Gasteiger charge is -2.29. The van der Waals surface area contributed by atoms with Crippen LogP contribution in [-0.4, -0.2) is 74.8 Å². The number of methoxy groups -OCH3 is 1. The first-order chi connectivity index (χ1) is 18.4. The number of ether oxygens (including phenoxy) is 3. The van der Waals surface area contributed by atoms with Crippen molar-refractivity contribution in [3.05, 3.63) is 65.8 Å². The number of anilines is 4. The Labute approximate surface area is 227 Å². The molecule has 0 aliphatic carbocycles. The van der Waals surface area contributed by atoms with E-state index in [-0.39, 0.29) is 22.8 Å². The van der Waals surface area contributed by atoms with Crippen molar-refractivity contribution in [2.75, 3.05) is 69.6 Å². The topological polar surface area (TPSA) is 101 Å². The molecule has 11 heteroatoms. The Morgan fingerprint density at radius 2 is 2.03 bits per heavy atom. The minimum atomic E-state index is -0.232. The standard InChI is InChI=1S/C27H31ClN6O4/c1-33(2)11-5-8-25(35)30-19-6-4-7-21(16-19)38-26-22(28)18-29-27(32-26)31-23-10-9-20(17-24(23)36-3)34-12-14-37-15-13-34/h4-10,16-18H,11-15H2,1-3H3,(H,30,35)(H,29,31,32)/b8-5+. The van der Waals surface area contributed by atoms with Crippen LogP contribution in [0.15, 0.2) is 60.8 Å². The highest BCUT2D eigenvalue weighted by Gasteiger charge is 2.15. The summed E-state index contributed by atoms with van der Waals surface area (Å²) in [7, 11) is 5.48. The van der Waals surface area contributed by atoms with E-state index in [1.807, 2.05) is 37.2 Å². The molecule has 200 valence electrons. The summed E-state index contributed by atoms with van der Waals surface area (Å²) >= 11 is 6.32. The molecule has 10 nitrogen and oxygen atoms in total. The van der Waals surface area contributed by atoms with E-state index >= 15 is 0 Å². The Morgan fingerprint density at radius 3 is 2.79 bits per heavy atom. The predicted molar refractivity (Wildman–Crippen MR) is 149 cm³/mol. The van der Waals surface area contributed by atoms with Gasteiger partial charge < -0.3 is 34.6 Å². The summed E-state index contributed by atoms with van der Waals surface area (Å²) in [6.45, 7) is 3.73. The normalized spacial score (nSPS) is 13.6. The van der Waals surface area contributed by atoms with Crippen LogP contribution in [-0.2, 0) is 9.53 Å². The van der Waals surface area contributed by atoms with Crippen LogP contribution in [0.3, 0.4) is 0 Å². The third kappa shape index (κ3) is 7.58. The third-order valence-corrected chi connectivity index (χ3v) is 5.83. The van der Waals surface area contributed by atoms with Crippen molar-refractivity contribution in [3.63, 3.8) is 0 Å². The van der Waals surface area contributed by atoms with Gasteiger partial charge in [0.05, 0.1) is 32.2 Å². The fraction of sp³-hybridized carbons (Fsp3) is 0.296. The van der Waals surface area contributed by atoms with Gasteiger partial charge in [0.1, 0.15) is 16.5 Å². The van der Waals surface area contributed by atoms with Crippen molar-refractivity contribution < 1.29 is 19.0 Å². The van der Waals surface area contributed by atoms with Crippen LogP contribution in [0, 0.1) is 0 Å². The van der Waals surface area contributed by atoms with Crippen LogP contribution in [0.4, 0.5) is 23.0 Å². The molecular weight excluding hydrogens is 508 g/mol. The molecule has 3 aromatic rings. The van der Waals surface area contributed by atoms with E-state index < -0.39 is 0 Å². The average molecular weight is 539 g/mol. The SMILES string of the molecule is COc1cc(N2CCOCC2)ccc1Nc1ncc(Cl)c(Oc2cccc(NC(=O)/C=C/CN(C)C)c2)n1. The molecule has 0 saturated carbocycles. The van der Waals surface area contributed by atoms with Crippen molar-refractivity contribution >= 4 is 40.5 Å². The van der Waals surface area contributed by atoms with Crippen molar-refractivity contribution in [3.8, 4) is 17.4 Å². The molecule has 0 atom stereocenters. The van der Waals surface area contributed by atoms with E-state index in [2.05, 4.69) is 25.5 Å². The average Bonchev–Trinajstić information content (AvgIpc) is 2.91. The molecule has 0 bridgehead atoms. The number of carbonyl (C=O) groups is 1. The lowest BCUT2D eigenvalue weighted by molar-refractivity contribution is -0.111. The van der Waals surface area contributed by atoms with Gasteiger partial charge in [-0.1, -0.05) is 23.7 Å². The first-order valence-corrected chi connectivity index (χ1v) is 12.5. The lowest BCUT2D eigenvalue weighted by atomic mass is 10.2. The molecule has 2 heterocycles. The van der Waals surface area contributed by atoms with Crippen LogP contribution in [0.1, 0.15) is 0 Å². The molecule has 0 unspecified atom stereocenters. The minimum absolute atomic E-state index is 0.169. The summed E-state index contributed by atoms with van der Waals surface area (Å²) in [6, 6.07) is 12.9. The molecule has 1 aliphatic rings. The zero-order valence-electron chi connectivity index (χ0n) is 21.6. The number of hydrogen-bond acceptors (Lipinski definition) is 9. The Hall–Kier alpha value is -3.86. The second-order valence-corrected chi connectivity index (χ2v) is 9.15. The van der Waals surface area contributed by atoms with Gasteiger partial charge in [0.15, 0.2) is 0 Å². The van der Waals surface area contributed by atoms with Gasteiger partial charge in [-0.2, -0.15) is 4.98 Å². The van der Waals surface area contributed by atoms with Crippen LogP contribution in [0.5, 0.6) is 17.4 Å². The Morgan fingerprint density at radius 1 is 1.21 bits per heavy atom. The van der Waals surface area contributed by atoms with Crippen LogP contribution in [0.2, 0.25) is 5.02 Å². The van der Waals surface area contributed by atoms with Gasteiger partial charge in [-0.05, 0) is 38.4 Å². The Bertz CT molecular complexity index is 1280. The van der Waals surface area contributed by atoms with Crippen LogP contribution >= 0.6 is 11.6 Å². The zero-order chi connectivity index (χ0) is 26.9. The van der Waals surface area contributed by atoms with E-state index in [0.717, 1.165) is 18.8 Å². The van der Waals surface area contributed by atoms with Gasteiger partial charge >= 0.3 is 0 Å². The number of carbonyl (C=O) groups excluding carboxylic acids is 1. The largest absolute Gasteiger partial charge is 0.494 e. The molecule has 1 aliphatic heterocycles. The number of halogens is 1. The lowest BCUT2D eigenvalue weighted by Crippen LogP contribution is -2.36. The van der Waals surface area contributed by atoms with Crippen molar-refractivity contribution in [2.24, 2.45) is 0 Å².